The van der Waals surface area contributed by atoms with Gasteiger partial charge < -0.3 is 0 Å². The standard InChI is InChI=1S/C10H18.C4H8/c1-5-6-10(4)8-7-9(2)3;1-4(2)3/h5,7,10H,1,6,8H2,2-4H3;1H2,2-3H3. The summed E-state index contributed by atoms with van der Waals surface area (Å²) in [6, 6.07) is 0. The van der Waals surface area contributed by atoms with Gasteiger partial charge in [-0.15, -0.1) is 13.2 Å². The van der Waals surface area contributed by atoms with Crippen molar-refractivity contribution in [3.63, 3.8) is 0 Å². The molecular formula is C14H26. The molecule has 14 heavy (non-hydrogen) atoms. The minimum Gasteiger partial charge on any atom is -0.103 e. The van der Waals surface area contributed by atoms with Crippen LogP contribution in [0.1, 0.15) is 47.5 Å². The molecule has 82 valence electrons. The predicted octanol–water partition coefficient (Wildman–Crippen LogP) is 5.14. The lowest BCUT2D eigenvalue weighted by Crippen LogP contribution is -1.89. The van der Waals surface area contributed by atoms with E-state index in [-0.39, 0.29) is 0 Å². The Bertz CT molecular complexity index is 176. The van der Waals surface area contributed by atoms with Gasteiger partial charge >= 0.3 is 0 Å². The average Bonchev–Trinajstić information content (AvgIpc) is 2.00. The summed E-state index contributed by atoms with van der Waals surface area (Å²) in [5.41, 5.74) is 2.58. The smallest absolute Gasteiger partial charge is 0.0319 e. The van der Waals surface area contributed by atoms with Gasteiger partial charge in [-0.25, -0.2) is 0 Å². The van der Waals surface area contributed by atoms with Gasteiger partial charge in [-0.05, 0) is 46.5 Å². The predicted molar refractivity (Wildman–Crippen MR) is 68.5 cm³/mol. The Kier molecular flexibility index (Phi) is 11.5. The molecule has 0 N–H and O–H groups in total. The van der Waals surface area contributed by atoms with Crippen molar-refractivity contribution in [2.75, 3.05) is 0 Å². The van der Waals surface area contributed by atoms with Crippen LogP contribution in [0.15, 0.2) is 36.5 Å². The van der Waals surface area contributed by atoms with Crippen LogP contribution < -0.4 is 0 Å². The van der Waals surface area contributed by atoms with Gasteiger partial charge in [0.2, 0.25) is 0 Å². The summed E-state index contributed by atoms with van der Waals surface area (Å²) < 4.78 is 0. The third-order valence-electron chi connectivity index (χ3n) is 1.50. The summed E-state index contributed by atoms with van der Waals surface area (Å²) in [5.74, 6) is 0.757. The number of hydrogen-bond acceptors (Lipinski definition) is 0. The molecule has 0 aromatic rings. The lowest BCUT2D eigenvalue weighted by Gasteiger charge is -2.03. The van der Waals surface area contributed by atoms with Gasteiger partial charge in [0.15, 0.2) is 0 Å². The van der Waals surface area contributed by atoms with E-state index in [1.807, 2.05) is 19.9 Å². The molecule has 0 saturated heterocycles. The molecule has 0 aromatic heterocycles. The highest BCUT2D eigenvalue weighted by Gasteiger charge is 1.94. The summed E-state index contributed by atoms with van der Waals surface area (Å²) in [4.78, 5) is 0. The van der Waals surface area contributed by atoms with Crippen molar-refractivity contribution in [3.05, 3.63) is 36.5 Å². The maximum absolute atomic E-state index is 3.71. The van der Waals surface area contributed by atoms with Crippen molar-refractivity contribution < 1.29 is 0 Å². The van der Waals surface area contributed by atoms with Crippen molar-refractivity contribution in [1.82, 2.24) is 0 Å². The molecule has 0 aliphatic heterocycles. The first-order chi connectivity index (χ1) is 6.40. The first-order valence-electron chi connectivity index (χ1n) is 5.26. The third kappa shape index (κ3) is 22.5. The van der Waals surface area contributed by atoms with Gasteiger partial charge in [0.1, 0.15) is 0 Å². The normalized spacial score (nSPS) is 10.6. The maximum atomic E-state index is 3.71. The Balaban J connectivity index is 0. The number of allylic oxidation sites excluding steroid dienone is 4. The molecule has 0 amide bonds. The van der Waals surface area contributed by atoms with E-state index >= 15 is 0 Å². The van der Waals surface area contributed by atoms with Crippen molar-refractivity contribution in [1.29, 1.82) is 0 Å². The summed E-state index contributed by atoms with van der Waals surface area (Å²) in [6.45, 7) is 17.7. The Morgan fingerprint density at radius 3 is 1.86 bits per heavy atom. The molecule has 0 heterocycles. The first-order valence-corrected chi connectivity index (χ1v) is 5.26. The molecule has 0 spiro atoms. The van der Waals surface area contributed by atoms with Crippen LogP contribution in [0.5, 0.6) is 0 Å². The van der Waals surface area contributed by atoms with Crippen molar-refractivity contribution >= 4 is 0 Å². The Hall–Kier alpha value is -0.780. The largest absolute Gasteiger partial charge is 0.103 e. The molecule has 1 atom stereocenters. The summed E-state index contributed by atoms with van der Waals surface area (Å²) >= 11 is 0. The lowest BCUT2D eigenvalue weighted by atomic mass is 10.0. The highest BCUT2D eigenvalue weighted by atomic mass is 14.0. The van der Waals surface area contributed by atoms with Crippen LogP contribution in [0, 0.1) is 5.92 Å². The fourth-order valence-corrected chi connectivity index (χ4v) is 0.818. The van der Waals surface area contributed by atoms with E-state index < -0.39 is 0 Å². The first kappa shape index (κ1) is 15.7. The number of rotatable bonds is 4. The average molecular weight is 194 g/mol. The molecule has 0 saturated carbocycles. The number of hydrogen-bond donors (Lipinski definition) is 0. The van der Waals surface area contributed by atoms with E-state index in [1.54, 1.807) is 0 Å². The van der Waals surface area contributed by atoms with Crippen LogP contribution in [0.25, 0.3) is 0 Å². The van der Waals surface area contributed by atoms with Gasteiger partial charge in [0.25, 0.3) is 0 Å². The summed E-state index contributed by atoms with van der Waals surface area (Å²) in [6.07, 6.45) is 6.59. The van der Waals surface area contributed by atoms with E-state index in [0.29, 0.717) is 0 Å². The summed E-state index contributed by atoms with van der Waals surface area (Å²) in [7, 11) is 0. The second kappa shape index (κ2) is 10.3. The highest BCUT2D eigenvalue weighted by molar-refractivity contribution is 4.94. The van der Waals surface area contributed by atoms with Crippen molar-refractivity contribution in [2.24, 2.45) is 5.92 Å². The zero-order chi connectivity index (χ0) is 11.6. The Morgan fingerprint density at radius 1 is 1.14 bits per heavy atom. The van der Waals surface area contributed by atoms with Gasteiger partial charge in [-0.3, -0.25) is 0 Å². The Labute approximate surface area is 90.4 Å². The molecule has 0 fully saturated rings. The molecule has 1 unspecified atom stereocenters. The molecule has 0 heteroatoms. The lowest BCUT2D eigenvalue weighted by molar-refractivity contribution is 0.602. The fraction of sp³-hybridized carbons (Fsp3) is 0.571. The summed E-state index contributed by atoms with van der Waals surface area (Å²) in [5, 5.41) is 0. The molecule has 0 bridgehead atoms. The minimum atomic E-state index is 0.757. The van der Waals surface area contributed by atoms with Crippen LogP contribution in [0.3, 0.4) is 0 Å². The molecule has 0 nitrogen and oxygen atoms in total. The molecule has 0 aromatic carbocycles. The maximum Gasteiger partial charge on any atom is -0.0319 e. The quantitative estimate of drug-likeness (QED) is 0.544. The zero-order valence-electron chi connectivity index (χ0n) is 10.6. The van der Waals surface area contributed by atoms with E-state index in [1.165, 1.54) is 17.6 Å². The van der Waals surface area contributed by atoms with Gasteiger partial charge in [-0.1, -0.05) is 30.2 Å². The molecule has 0 aliphatic rings. The van der Waals surface area contributed by atoms with Crippen LogP contribution in [-0.4, -0.2) is 0 Å². The second-order valence-electron chi connectivity index (χ2n) is 4.35. The van der Waals surface area contributed by atoms with Crippen LogP contribution in [0.2, 0.25) is 0 Å². The van der Waals surface area contributed by atoms with Crippen LogP contribution >= 0.6 is 0 Å². The van der Waals surface area contributed by atoms with Gasteiger partial charge in [-0.2, -0.15) is 0 Å². The van der Waals surface area contributed by atoms with Crippen molar-refractivity contribution in [3.8, 4) is 0 Å². The van der Waals surface area contributed by atoms with E-state index in [4.69, 9.17) is 0 Å². The van der Waals surface area contributed by atoms with E-state index in [9.17, 15) is 0 Å². The topological polar surface area (TPSA) is 0 Å². The third-order valence-corrected chi connectivity index (χ3v) is 1.50. The monoisotopic (exact) mass is 194 g/mol. The minimum absolute atomic E-state index is 0.757. The molecule has 0 radical (unpaired) electrons. The van der Waals surface area contributed by atoms with E-state index in [2.05, 4.69) is 40.0 Å². The zero-order valence-corrected chi connectivity index (χ0v) is 10.6. The Morgan fingerprint density at radius 2 is 1.57 bits per heavy atom. The SMILES string of the molecule is C=C(C)C.C=CCC(C)CC=C(C)C. The van der Waals surface area contributed by atoms with Crippen molar-refractivity contribution in [2.45, 2.75) is 47.5 Å². The molecule has 0 aliphatic carbocycles. The van der Waals surface area contributed by atoms with Gasteiger partial charge in [0.05, 0.1) is 0 Å². The fourth-order valence-electron chi connectivity index (χ4n) is 0.818. The van der Waals surface area contributed by atoms with E-state index in [0.717, 1.165) is 12.3 Å². The second-order valence-corrected chi connectivity index (χ2v) is 4.35. The van der Waals surface area contributed by atoms with Crippen LogP contribution in [-0.2, 0) is 0 Å². The highest BCUT2D eigenvalue weighted by Crippen LogP contribution is 2.09. The molecule has 0 rings (SSSR count). The van der Waals surface area contributed by atoms with Crippen LogP contribution in [0.4, 0.5) is 0 Å². The van der Waals surface area contributed by atoms with Gasteiger partial charge in [0, 0.05) is 0 Å². The molecular weight excluding hydrogens is 168 g/mol.